The molecule has 2 atom stereocenters. The molecule has 0 spiro atoms. The fraction of sp³-hybridized carbons (Fsp3) is 0.667. The van der Waals surface area contributed by atoms with Gasteiger partial charge in [0.2, 0.25) is 0 Å². The van der Waals surface area contributed by atoms with Crippen molar-refractivity contribution in [1.29, 1.82) is 0 Å². The van der Waals surface area contributed by atoms with Crippen LogP contribution in [0.1, 0.15) is 32.1 Å². The van der Waals surface area contributed by atoms with Gasteiger partial charge < -0.3 is 16.0 Å². The number of urea groups is 2. The van der Waals surface area contributed by atoms with Crippen LogP contribution < -0.4 is 21.4 Å². The van der Waals surface area contributed by atoms with Gasteiger partial charge in [0.1, 0.15) is 18.9 Å². The molecule has 1 saturated carbocycles. The molecule has 2 heterocycles. The van der Waals surface area contributed by atoms with Gasteiger partial charge in [0, 0.05) is 5.71 Å². The molecule has 0 radical (unpaired) electrons. The van der Waals surface area contributed by atoms with Gasteiger partial charge in [0.15, 0.2) is 0 Å². The number of carbonyl (C=O) groups excluding carboxylic acids is 3. The summed E-state index contributed by atoms with van der Waals surface area (Å²) in [5.74, 6) is -0.370. The van der Waals surface area contributed by atoms with Crippen LogP contribution in [0, 0.1) is 0 Å². The molecule has 3 fully saturated rings. The Balaban J connectivity index is 1.54. The molecule has 9 nitrogen and oxygen atoms in total. The number of amides is 5. The van der Waals surface area contributed by atoms with Crippen molar-refractivity contribution in [3.8, 4) is 0 Å². The Morgan fingerprint density at radius 2 is 1.95 bits per heavy atom. The summed E-state index contributed by atoms with van der Waals surface area (Å²) in [5.41, 5.74) is 3.48. The van der Waals surface area contributed by atoms with Crippen LogP contribution in [0.2, 0.25) is 0 Å². The normalized spacial score (nSPS) is 27.6. The zero-order valence-electron chi connectivity index (χ0n) is 11.5. The number of nitrogens with zero attached hydrogens (tertiary/aromatic N) is 2. The molecule has 2 saturated heterocycles. The van der Waals surface area contributed by atoms with Gasteiger partial charge in [-0.3, -0.25) is 9.69 Å². The number of rotatable bonds is 3. The molecule has 0 aromatic carbocycles. The molecular weight excluding hydrogens is 276 g/mol. The highest BCUT2D eigenvalue weighted by Crippen LogP contribution is 2.15. The van der Waals surface area contributed by atoms with Crippen LogP contribution in [0.4, 0.5) is 9.59 Å². The van der Waals surface area contributed by atoms with Gasteiger partial charge in [0.05, 0.1) is 0 Å². The van der Waals surface area contributed by atoms with Gasteiger partial charge in [-0.2, -0.15) is 5.10 Å². The summed E-state index contributed by atoms with van der Waals surface area (Å²) in [6.45, 7) is -0.147. The minimum atomic E-state index is -0.543. The molecule has 21 heavy (non-hydrogen) atoms. The molecular formula is C12H18N6O3. The highest BCUT2D eigenvalue weighted by atomic mass is 16.2. The second kappa shape index (κ2) is 5.58. The first-order valence-corrected chi connectivity index (χ1v) is 7.12. The number of carbonyl (C=O) groups is 3. The van der Waals surface area contributed by atoms with E-state index in [4.69, 9.17) is 0 Å². The highest BCUT2D eigenvalue weighted by Gasteiger charge is 2.45. The minimum Gasteiger partial charge on any atom is -0.314 e. The molecule has 2 aliphatic heterocycles. The fourth-order valence-electron chi connectivity index (χ4n) is 2.77. The van der Waals surface area contributed by atoms with Crippen LogP contribution in [-0.2, 0) is 4.79 Å². The SMILES string of the molecule is O=C(CN1C(=O)NC2NC(=O)NC21)NN=C1CCCCC1. The van der Waals surface area contributed by atoms with Gasteiger partial charge in [-0.05, 0) is 25.7 Å². The predicted octanol–water partition coefficient (Wildman–Crippen LogP) is -0.587. The first-order valence-electron chi connectivity index (χ1n) is 7.12. The number of hydrogen-bond donors (Lipinski definition) is 4. The molecule has 2 unspecified atom stereocenters. The lowest BCUT2D eigenvalue weighted by molar-refractivity contribution is -0.121. The summed E-state index contributed by atoms with van der Waals surface area (Å²) < 4.78 is 0. The Labute approximate surface area is 121 Å². The summed E-state index contributed by atoms with van der Waals surface area (Å²) in [6.07, 6.45) is 4.19. The third kappa shape index (κ3) is 2.91. The second-order valence-electron chi connectivity index (χ2n) is 5.39. The molecule has 1 aliphatic carbocycles. The van der Waals surface area contributed by atoms with Crippen molar-refractivity contribution in [2.24, 2.45) is 5.10 Å². The molecule has 0 aromatic rings. The van der Waals surface area contributed by atoms with E-state index in [1.54, 1.807) is 0 Å². The fourth-order valence-corrected chi connectivity index (χ4v) is 2.77. The van der Waals surface area contributed by atoms with E-state index in [0.717, 1.165) is 31.4 Å². The summed E-state index contributed by atoms with van der Waals surface area (Å²) >= 11 is 0. The zero-order chi connectivity index (χ0) is 14.8. The van der Waals surface area contributed by atoms with Crippen LogP contribution in [-0.4, -0.2) is 47.5 Å². The van der Waals surface area contributed by atoms with Crippen molar-refractivity contribution < 1.29 is 14.4 Å². The zero-order valence-corrected chi connectivity index (χ0v) is 11.5. The van der Waals surface area contributed by atoms with Crippen molar-refractivity contribution in [3.05, 3.63) is 0 Å². The average molecular weight is 294 g/mol. The molecule has 4 N–H and O–H groups in total. The van der Waals surface area contributed by atoms with E-state index in [9.17, 15) is 14.4 Å². The second-order valence-corrected chi connectivity index (χ2v) is 5.39. The molecule has 0 aromatic heterocycles. The Morgan fingerprint density at radius 1 is 1.19 bits per heavy atom. The Hall–Kier alpha value is -2.32. The summed E-state index contributed by atoms with van der Waals surface area (Å²) in [5, 5.41) is 11.8. The molecule has 0 bridgehead atoms. The van der Waals surface area contributed by atoms with Gasteiger partial charge in [-0.25, -0.2) is 15.0 Å². The van der Waals surface area contributed by atoms with Crippen LogP contribution in [0.25, 0.3) is 0 Å². The summed E-state index contributed by atoms with van der Waals surface area (Å²) in [6, 6.07) is -0.754. The van der Waals surface area contributed by atoms with Crippen molar-refractivity contribution in [3.63, 3.8) is 0 Å². The average Bonchev–Trinajstić information content (AvgIpc) is 2.95. The lowest BCUT2D eigenvalue weighted by Crippen LogP contribution is -2.47. The molecule has 114 valence electrons. The predicted molar refractivity (Wildman–Crippen MR) is 73.1 cm³/mol. The van der Waals surface area contributed by atoms with E-state index < -0.39 is 18.4 Å². The Morgan fingerprint density at radius 3 is 2.71 bits per heavy atom. The maximum atomic E-state index is 11.9. The standard InChI is InChI=1S/C12H18N6O3/c19-8(17-16-7-4-2-1-3-5-7)6-18-10-9(14-12(18)21)13-11(20)15-10/h9-10H,1-6H2,(H,14,21)(H,17,19)(H2,13,15,20). The summed E-state index contributed by atoms with van der Waals surface area (Å²) in [4.78, 5) is 36.1. The Kier molecular flexibility index (Phi) is 3.63. The first-order chi connectivity index (χ1) is 10.1. The minimum absolute atomic E-state index is 0.147. The molecule has 9 heteroatoms. The lowest BCUT2D eigenvalue weighted by Gasteiger charge is -2.20. The van der Waals surface area contributed by atoms with Gasteiger partial charge in [-0.15, -0.1) is 0 Å². The lowest BCUT2D eigenvalue weighted by atomic mass is 9.99. The van der Waals surface area contributed by atoms with E-state index in [-0.39, 0.29) is 18.5 Å². The van der Waals surface area contributed by atoms with Crippen molar-refractivity contribution in [1.82, 2.24) is 26.3 Å². The van der Waals surface area contributed by atoms with E-state index in [2.05, 4.69) is 26.5 Å². The van der Waals surface area contributed by atoms with E-state index in [0.29, 0.717) is 0 Å². The number of fused-ring (bicyclic) bond motifs is 1. The topological polar surface area (TPSA) is 115 Å². The summed E-state index contributed by atoms with van der Waals surface area (Å²) in [7, 11) is 0. The third-order valence-corrected chi connectivity index (χ3v) is 3.84. The maximum Gasteiger partial charge on any atom is 0.321 e. The molecule has 3 rings (SSSR count). The monoisotopic (exact) mass is 294 g/mol. The van der Waals surface area contributed by atoms with E-state index >= 15 is 0 Å². The Bertz CT molecular complexity index is 497. The first kappa shape index (κ1) is 13.7. The third-order valence-electron chi connectivity index (χ3n) is 3.84. The van der Waals surface area contributed by atoms with Crippen molar-refractivity contribution >= 4 is 23.7 Å². The van der Waals surface area contributed by atoms with Gasteiger partial charge >= 0.3 is 12.1 Å². The largest absolute Gasteiger partial charge is 0.321 e. The number of hydrogen-bond acceptors (Lipinski definition) is 4. The molecule has 3 aliphatic rings. The van der Waals surface area contributed by atoms with Crippen LogP contribution in [0.5, 0.6) is 0 Å². The van der Waals surface area contributed by atoms with Gasteiger partial charge in [0.25, 0.3) is 5.91 Å². The van der Waals surface area contributed by atoms with Gasteiger partial charge in [-0.1, -0.05) is 6.42 Å². The van der Waals surface area contributed by atoms with E-state index in [1.807, 2.05) is 0 Å². The maximum absolute atomic E-state index is 11.9. The number of hydrazone groups is 1. The van der Waals surface area contributed by atoms with Crippen LogP contribution >= 0.6 is 0 Å². The smallest absolute Gasteiger partial charge is 0.314 e. The number of nitrogens with one attached hydrogen (secondary N) is 4. The quantitative estimate of drug-likeness (QED) is 0.522. The van der Waals surface area contributed by atoms with Crippen LogP contribution in [0.3, 0.4) is 0 Å². The van der Waals surface area contributed by atoms with E-state index in [1.165, 1.54) is 11.3 Å². The van der Waals surface area contributed by atoms with Crippen molar-refractivity contribution in [2.45, 2.75) is 44.4 Å². The molecule has 5 amide bonds. The van der Waals surface area contributed by atoms with Crippen LogP contribution in [0.15, 0.2) is 5.10 Å². The van der Waals surface area contributed by atoms with Crippen molar-refractivity contribution in [2.75, 3.05) is 6.54 Å². The highest BCUT2D eigenvalue weighted by molar-refractivity contribution is 5.90.